The SMILES string of the molecule is CCNCCCNS(=O)(=O)c1ccc(C)c2ncccc12. The normalized spacial score (nSPS) is 11.9. The molecule has 0 aliphatic rings. The molecule has 0 aliphatic carbocycles. The zero-order chi connectivity index (χ0) is 15.3. The fourth-order valence-corrected chi connectivity index (χ4v) is 3.47. The van der Waals surface area contributed by atoms with E-state index in [0.29, 0.717) is 16.8 Å². The summed E-state index contributed by atoms with van der Waals surface area (Å²) in [5, 5.41) is 3.83. The summed E-state index contributed by atoms with van der Waals surface area (Å²) >= 11 is 0. The van der Waals surface area contributed by atoms with Crippen LogP contribution in [0.25, 0.3) is 10.9 Å². The van der Waals surface area contributed by atoms with E-state index in [-0.39, 0.29) is 0 Å². The molecule has 0 saturated heterocycles. The first kappa shape index (κ1) is 15.9. The summed E-state index contributed by atoms with van der Waals surface area (Å²) in [4.78, 5) is 4.56. The number of benzene rings is 1. The van der Waals surface area contributed by atoms with Gasteiger partial charge in [-0.15, -0.1) is 0 Å². The van der Waals surface area contributed by atoms with E-state index < -0.39 is 10.0 Å². The van der Waals surface area contributed by atoms with Crippen LogP contribution in [0, 0.1) is 6.92 Å². The number of sulfonamides is 1. The van der Waals surface area contributed by atoms with Crippen LogP contribution < -0.4 is 10.0 Å². The number of nitrogens with zero attached hydrogens (tertiary/aromatic N) is 1. The van der Waals surface area contributed by atoms with Crippen molar-refractivity contribution >= 4 is 20.9 Å². The van der Waals surface area contributed by atoms with Crippen molar-refractivity contribution in [3.63, 3.8) is 0 Å². The van der Waals surface area contributed by atoms with Crippen LogP contribution in [0.2, 0.25) is 0 Å². The van der Waals surface area contributed by atoms with Crippen LogP contribution in [0.5, 0.6) is 0 Å². The second-order valence-corrected chi connectivity index (χ2v) is 6.62. The molecule has 21 heavy (non-hydrogen) atoms. The van der Waals surface area contributed by atoms with E-state index >= 15 is 0 Å². The quantitative estimate of drug-likeness (QED) is 0.766. The molecule has 2 rings (SSSR count). The Labute approximate surface area is 125 Å². The van der Waals surface area contributed by atoms with Crippen LogP contribution in [0.1, 0.15) is 18.9 Å². The number of pyridine rings is 1. The summed E-state index contributed by atoms with van der Waals surface area (Å²) in [5.74, 6) is 0. The number of fused-ring (bicyclic) bond motifs is 1. The van der Waals surface area contributed by atoms with Crippen molar-refractivity contribution < 1.29 is 8.42 Å². The van der Waals surface area contributed by atoms with Gasteiger partial charge in [0.05, 0.1) is 10.4 Å². The number of aryl methyl sites for hydroxylation is 1. The second-order valence-electron chi connectivity index (χ2n) is 4.89. The summed E-state index contributed by atoms with van der Waals surface area (Å²) < 4.78 is 27.5. The number of rotatable bonds is 7. The number of aromatic nitrogens is 1. The van der Waals surface area contributed by atoms with Crippen molar-refractivity contribution in [3.8, 4) is 0 Å². The molecule has 0 fully saturated rings. The van der Waals surface area contributed by atoms with Crippen molar-refractivity contribution in [2.24, 2.45) is 0 Å². The van der Waals surface area contributed by atoms with E-state index in [2.05, 4.69) is 15.0 Å². The standard InChI is InChI=1S/C15H21N3O2S/c1-3-16-9-5-11-18-21(19,20)14-8-7-12(2)15-13(14)6-4-10-17-15/h4,6-8,10,16,18H,3,5,9,11H2,1-2H3. The van der Waals surface area contributed by atoms with Crippen LogP contribution in [-0.2, 0) is 10.0 Å². The third kappa shape index (κ3) is 3.78. The van der Waals surface area contributed by atoms with Gasteiger partial charge >= 0.3 is 0 Å². The molecule has 2 aromatic rings. The third-order valence-electron chi connectivity index (χ3n) is 3.29. The van der Waals surface area contributed by atoms with Gasteiger partial charge in [0.25, 0.3) is 0 Å². The molecular formula is C15H21N3O2S. The van der Waals surface area contributed by atoms with E-state index in [1.54, 1.807) is 30.5 Å². The molecule has 2 N–H and O–H groups in total. The van der Waals surface area contributed by atoms with Gasteiger partial charge in [0, 0.05) is 18.1 Å². The van der Waals surface area contributed by atoms with Crippen LogP contribution in [0.3, 0.4) is 0 Å². The van der Waals surface area contributed by atoms with Crippen molar-refractivity contribution in [2.75, 3.05) is 19.6 Å². The smallest absolute Gasteiger partial charge is 0.241 e. The average molecular weight is 307 g/mol. The molecule has 0 unspecified atom stereocenters. The maximum absolute atomic E-state index is 12.4. The monoisotopic (exact) mass is 307 g/mol. The first-order chi connectivity index (χ1) is 10.1. The van der Waals surface area contributed by atoms with E-state index in [9.17, 15) is 8.42 Å². The van der Waals surface area contributed by atoms with E-state index in [1.807, 2.05) is 13.8 Å². The molecule has 6 heteroatoms. The molecule has 0 aliphatic heterocycles. The summed E-state index contributed by atoms with van der Waals surface area (Å²) in [5.41, 5.74) is 1.70. The van der Waals surface area contributed by atoms with Gasteiger partial charge in [-0.2, -0.15) is 0 Å². The van der Waals surface area contributed by atoms with Gasteiger partial charge in [0.2, 0.25) is 10.0 Å². The van der Waals surface area contributed by atoms with Crippen molar-refractivity contribution in [3.05, 3.63) is 36.0 Å². The largest absolute Gasteiger partial charge is 0.317 e. The van der Waals surface area contributed by atoms with Gasteiger partial charge < -0.3 is 5.32 Å². The van der Waals surface area contributed by atoms with Gasteiger partial charge in [-0.3, -0.25) is 4.98 Å². The molecule has 0 radical (unpaired) electrons. The second kappa shape index (κ2) is 6.98. The molecule has 0 atom stereocenters. The van der Waals surface area contributed by atoms with Crippen LogP contribution in [0.4, 0.5) is 0 Å². The molecule has 1 aromatic carbocycles. The lowest BCUT2D eigenvalue weighted by Gasteiger charge is -2.10. The van der Waals surface area contributed by atoms with Gasteiger partial charge in [-0.25, -0.2) is 13.1 Å². The molecule has 114 valence electrons. The van der Waals surface area contributed by atoms with E-state index in [1.165, 1.54) is 0 Å². The minimum absolute atomic E-state index is 0.291. The molecule has 1 aromatic heterocycles. The Hall–Kier alpha value is -1.50. The molecule has 0 spiro atoms. The fourth-order valence-electron chi connectivity index (χ4n) is 2.20. The highest BCUT2D eigenvalue weighted by Crippen LogP contribution is 2.23. The molecule has 0 bridgehead atoms. The Balaban J connectivity index is 2.23. The topological polar surface area (TPSA) is 71.1 Å². The molecule has 0 amide bonds. The Morgan fingerprint density at radius 3 is 2.76 bits per heavy atom. The lowest BCUT2D eigenvalue weighted by molar-refractivity contribution is 0.576. The lowest BCUT2D eigenvalue weighted by atomic mass is 10.1. The number of nitrogens with one attached hydrogen (secondary N) is 2. The maximum atomic E-state index is 12.4. The minimum Gasteiger partial charge on any atom is -0.317 e. The summed E-state index contributed by atoms with van der Waals surface area (Å²) in [6.07, 6.45) is 2.44. The molecule has 0 saturated carbocycles. The van der Waals surface area contributed by atoms with Gasteiger partial charge in [0.15, 0.2) is 0 Å². The van der Waals surface area contributed by atoms with E-state index in [0.717, 1.165) is 30.6 Å². The van der Waals surface area contributed by atoms with Gasteiger partial charge in [0.1, 0.15) is 0 Å². The highest BCUT2D eigenvalue weighted by atomic mass is 32.2. The Kier molecular flexibility index (Phi) is 5.27. The Bertz CT molecular complexity index is 714. The predicted molar refractivity (Wildman–Crippen MR) is 84.8 cm³/mol. The fraction of sp³-hybridized carbons (Fsp3) is 0.400. The average Bonchev–Trinajstić information content (AvgIpc) is 2.47. The molecular weight excluding hydrogens is 286 g/mol. The zero-order valence-electron chi connectivity index (χ0n) is 12.4. The summed E-state index contributed by atoms with van der Waals surface area (Å²) in [7, 11) is -3.51. The maximum Gasteiger partial charge on any atom is 0.241 e. The van der Waals surface area contributed by atoms with Gasteiger partial charge in [-0.05, 0) is 50.2 Å². The first-order valence-electron chi connectivity index (χ1n) is 7.11. The number of hydrogen-bond donors (Lipinski definition) is 2. The van der Waals surface area contributed by atoms with Crippen LogP contribution in [0.15, 0.2) is 35.4 Å². The minimum atomic E-state index is -3.51. The predicted octanol–water partition coefficient (Wildman–Crippen LogP) is 1.82. The third-order valence-corrected chi connectivity index (χ3v) is 4.81. The van der Waals surface area contributed by atoms with Crippen LogP contribution >= 0.6 is 0 Å². The molecule has 1 heterocycles. The number of hydrogen-bond acceptors (Lipinski definition) is 4. The van der Waals surface area contributed by atoms with Crippen LogP contribution in [-0.4, -0.2) is 33.0 Å². The van der Waals surface area contributed by atoms with Crippen molar-refractivity contribution in [2.45, 2.75) is 25.2 Å². The first-order valence-corrected chi connectivity index (χ1v) is 8.59. The Morgan fingerprint density at radius 1 is 1.19 bits per heavy atom. The van der Waals surface area contributed by atoms with Crippen molar-refractivity contribution in [1.29, 1.82) is 0 Å². The lowest BCUT2D eigenvalue weighted by Crippen LogP contribution is -2.27. The molecule has 5 nitrogen and oxygen atoms in total. The summed E-state index contributed by atoms with van der Waals surface area (Å²) in [6, 6.07) is 6.99. The Morgan fingerprint density at radius 2 is 2.00 bits per heavy atom. The van der Waals surface area contributed by atoms with Gasteiger partial charge in [-0.1, -0.05) is 13.0 Å². The highest BCUT2D eigenvalue weighted by Gasteiger charge is 2.17. The van der Waals surface area contributed by atoms with Crippen molar-refractivity contribution in [1.82, 2.24) is 15.0 Å². The summed E-state index contributed by atoms with van der Waals surface area (Å²) in [6.45, 7) is 6.06. The highest BCUT2D eigenvalue weighted by molar-refractivity contribution is 7.89. The van der Waals surface area contributed by atoms with E-state index in [4.69, 9.17) is 0 Å². The zero-order valence-corrected chi connectivity index (χ0v) is 13.2.